The molecule has 2 fully saturated rings. The molecule has 0 saturated carbocycles. The van der Waals surface area contributed by atoms with E-state index in [1.54, 1.807) is 19.2 Å². The van der Waals surface area contributed by atoms with E-state index in [9.17, 15) is 14.0 Å². The molecular weight excluding hydrogens is 335 g/mol. The van der Waals surface area contributed by atoms with Gasteiger partial charge in [0.05, 0.1) is 30.7 Å². The summed E-state index contributed by atoms with van der Waals surface area (Å²) in [5, 5.41) is 3.17. The Kier molecular flexibility index (Phi) is 5.61. The summed E-state index contributed by atoms with van der Waals surface area (Å²) in [5.41, 5.74) is 0.429. The van der Waals surface area contributed by atoms with Crippen molar-refractivity contribution in [1.82, 2.24) is 10.2 Å². The SMILES string of the molecule is COCCC(=O)N1[C@H]2CCCCC(=O)N[C@@]2(C)C[C@H]1c1ccc(F)cc1. The van der Waals surface area contributed by atoms with Gasteiger partial charge in [0.1, 0.15) is 5.82 Å². The molecule has 3 rings (SSSR count). The van der Waals surface area contributed by atoms with Crippen LogP contribution in [0, 0.1) is 5.82 Å². The van der Waals surface area contributed by atoms with Crippen LogP contribution in [0.5, 0.6) is 0 Å². The molecule has 1 aromatic carbocycles. The van der Waals surface area contributed by atoms with Crippen molar-refractivity contribution in [2.75, 3.05) is 13.7 Å². The molecule has 1 aromatic rings. The smallest absolute Gasteiger partial charge is 0.225 e. The van der Waals surface area contributed by atoms with Gasteiger partial charge in [0.15, 0.2) is 0 Å². The van der Waals surface area contributed by atoms with Crippen LogP contribution in [0.1, 0.15) is 57.1 Å². The molecule has 6 heteroatoms. The monoisotopic (exact) mass is 362 g/mol. The minimum atomic E-state index is -0.473. The number of fused-ring (bicyclic) bond motifs is 1. The first kappa shape index (κ1) is 18.8. The molecule has 2 saturated heterocycles. The number of likely N-dealkylation sites (tertiary alicyclic amines) is 1. The third-order valence-electron chi connectivity index (χ3n) is 5.64. The number of nitrogens with one attached hydrogen (secondary N) is 1. The lowest BCUT2D eigenvalue weighted by atomic mass is 9.85. The first-order valence-electron chi connectivity index (χ1n) is 9.31. The lowest BCUT2D eigenvalue weighted by molar-refractivity contribution is -0.137. The Bertz CT molecular complexity index is 664. The number of carbonyl (C=O) groups is 2. The molecule has 0 spiro atoms. The number of carbonyl (C=O) groups excluding carboxylic acids is 2. The first-order valence-corrected chi connectivity index (χ1v) is 9.31. The molecule has 2 amide bonds. The highest BCUT2D eigenvalue weighted by molar-refractivity contribution is 5.80. The Labute approximate surface area is 153 Å². The highest BCUT2D eigenvalue weighted by Gasteiger charge is 2.52. The van der Waals surface area contributed by atoms with Crippen LogP contribution in [0.25, 0.3) is 0 Å². The molecule has 0 aromatic heterocycles. The van der Waals surface area contributed by atoms with Gasteiger partial charge in [-0.2, -0.15) is 0 Å². The van der Waals surface area contributed by atoms with Gasteiger partial charge in [-0.3, -0.25) is 9.59 Å². The largest absolute Gasteiger partial charge is 0.384 e. The molecule has 2 aliphatic heterocycles. The number of methoxy groups -OCH3 is 1. The summed E-state index contributed by atoms with van der Waals surface area (Å²) in [4.78, 5) is 27.1. The molecule has 2 heterocycles. The van der Waals surface area contributed by atoms with Crippen molar-refractivity contribution in [3.8, 4) is 0 Å². The second-order valence-corrected chi connectivity index (χ2v) is 7.54. The molecule has 0 bridgehead atoms. The van der Waals surface area contributed by atoms with Crippen LogP contribution in [0.15, 0.2) is 24.3 Å². The minimum absolute atomic E-state index is 0.0183. The third kappa shape index (κ3) is 3.75. The van der Waals surface area contributed by atoms with E-state index in [2.05, 4.69) is 5.32 Å². The minimum Gasteiger partial charge on any atom is -0.384 e. The van der Waals surface area contributed by atoms with Gasteiger partial charge in [-0.1, -0.05) is 18.6 Å². The van der Waals surface area contributed by atoms with E-state index in [1.165, 1.54) is 12.1 Å². The van der Waals surface area contributed by atoms with Crippen molar-refractivity contribution in [2.24, 2.45) is 0 Å². The zero-order valence-corrected chi connectivity index (χ0v) is 15.5. The molecule has 0 radical (unpaired) electrons. The Balaban J connectivity index is 1.96. The highest BCUT2D eigenvalue weighted by atomic mass is 19.1. The van der Waals surface area contributed by atoms with Crippen molar-refractivity contribution in [2.45, 2.75) is 63.1 Å². The molecule has 142 valence electrons. The summed E-state index contributed by atoms with van der Waals surface area (Å²) in [6.07, 6.45) is 4.06. The van der Waals surface area contributed by atoms with E-state index in [4.69, 9.17) is 4.74 Å². The summed E-state index contributed by atoms with van der Waals surface area (Å²) in [6.45, 7) is 2.39. The highest BCUT2D eigenvalue weighted by Crippen LogP contribution is 2.45. The lowest BCUT2D eigenvalue weighted by Crippen LogP contribution is -2.56. The van der Waals surface area contributed by atoms with E-state index in [-0.39, 0.29) is 29.7 Å². The second-order valence-electron chi connectivity index (χ2n) is 7.54. The Morgan fingerprint density at radius 1 is 1.35 bits per heavy atom. The third-order valence-corrected chi connectivity index (χ3v) is 5.64. The number of halogens is 1. The average Bonchev–Trinajstić information content (AvgIpc) is 2.87. The number of ether oxygens (including phenoxy) is 1. The Morgan fingerprint density at radius 3 is 2.77 bits per heavy atom. The quantitative estimate of drug-likeness (QED) is 0.896. The molecule has 2 aliphatic rings. The van der Waals surface area contributed by atoms with Gasteiger partial charge >= 0.3 is 0 Å². The van der Waals surface area contributed by atoms with Crippen LogP contribution in [-0.2, 0) is 14.3 Å². The van der Waals surface area contributed by atoms with E-state index in [0.717, 1.165) is 24.8 Å². The molecule has 1 N–H and O–H groups in total. The number of hydrogen-bond donors (Lipinski definition) is 1. The van der Waals surface area contributed by atoms with Gasteiger partial charge in [0.2, 0.25) is 11.8 Å². The maximum absolute atomic E-state index is 13.4. The van der Waals surface area contributed by atoms with Gasteiger partial charge in [-0.15, -0.1) is 0 Å². The van der Waals surface area contributed by atoms with Crippen molar-refractivity contribution in [1.29, 1.82) is 0 Å². The topological polar surface area (TPSA) is 58.6 Å². The molecular formula is C20H27FN2O3. The zero-order chi connectivity index (χ0) is 18.7. The summed E-state index contributed by atoms with van der Waals surface area (Å²) in [5.74, 6) is -0.236. The van der Waals surface area contributed by atoms with Gasteiger partial charge in [0, 0.05) is 13.5 Å². The molecule has 0 aliphatic carbocycles. The Morgan fingerprint density at radius 2 is 2.08 bits per heavy atom. The predicted octanol–water partition coefficient (Wildman–Crippen LogP) is 2.95. The molecule has 5 nitrogen and oxygen atoms in total. The van der Waals surface area contributed by atoms with Crippen molar-refractivity contribution >= 4 is 11.8 Å². The van der Waals surface area contributed by atoms with Crippen LogP contribution in [-0.4, -0.2) is 42.0 Å². The zero-order valence-electron chi connectivity index (χ0n) is 15.5. The summed E-state index contributed by atoms with van der Waals surface area (Å²) in [6, 6.07) is 6.09. The molecule has 3 atom stereocenters. The standard InChI is InChI=1S/C20H27FN2O3/c1-20-13-16(14-7-9-15(21)10-8-14)23(19(25)11-12-26-2)17(20)5-3-4-6-18(24)22-20/h7-10,16-17H,3-6,11-13H2,1-2H3,(H,22,24)/t16-,17-,20-/m0/s1. The van der Waals surface area contributed by atoms with E-state index < -0.39 is 5.54 Å². The van der Waals surface area contributed by atoms with Gasteiger partial charge < -0.3 is 15.0 Å². The second kappa shape index (κ2) is 7.74. The van der Waals surface area contributed by atoms with Crippen molar-refractivity contribution in [3.63, 3.8) is 0 Å². The predicted molar refractivity (Wildman–Crippen MR) is 95.9 cm³/mol. The number of rotatable bonds is 4. The van der Waals surface area contributed by atoms with Gasteiger partial charge in [0.25, 0.3) is 0 Å². The van der Waals surface area contributed by atoms with Crippen LogP contribution < -0.4 is 5.32 Å². The number of amides is 2. The fourth-order valence-electron chi connectivity index (χ4n) is 4.39. The van der Waals surface area contributed by atoms with Crippen LogP contribution in [0.3, 0.4) is 0 Å². The molecule has 26 heavy (non-hydrogen) atoms. The summed E-state index contributed by atoms with van der Waals surface area (Å²) in [7, 11) is 1.58. The summed E-state index contributed by atoms with van der Waals surface area (Å²) >= 11 is 0. The van der Waals surface area contributed by atoms with E-state index in [0.29, 0.717) is 25.9 Å². The van der Waals surface area contributed by atoms with E-state index >= 15 is 0 Å². The first-order chi connectivity index (χ1) is 12.4. The van der Waals surface area contributed by atoms with Crippen LogP contribution in [0.4, 0.5) is 4.39 Å². The number of nitrogens with zero attached hydrogens (tertiary/aromatic N) is 1. The normalized spacial score (nSPS) is 28.9. The number of hydrogen-bond acceptors (Lipinski definition) is 3. The van der Waals surface area contributed by atoms with Gasteiger partial charge in [-0.05, 0) is 43.9 Å². The maximum atomic E-state index is 13.4. The van der Waals surface area contributed by atoms with E-state index in [1.807, 2.05) is 11.8 Å². The van der Waals surface area contributed by atoms with Crippen molar-refractivity contribution in [3.05, 3.63) is 35.6 Å². The fraction of sp³-hybridized carbons (Fsp3) is 0.600. The molecule has 0 unspecified atom stereocenters. The van der Waals surface area contributed by atoms with Crippen LogP contribution in [0.2, 0.25) is 0 Å². The van der Waals surface area contributed by atoms with Gasteiger partial charge in [-0.25, -0.2) is 4.39 Å². The summed E-state index contributed by atoms with van der Waals surface area (Å²) < 4.78 is 18.5. The number of benzene rings is 1. The lowest BCUT2D eigenvalue weighted by Gasteiger charge is -2.38. The fourth-order valence-corrected chi connectivity index (χ4v) is 4.39. The van der Waals surface area contributed by atoms with Crippen molar-refractivity contribution < 1.29 is 18.7 Å². The average molecular weight is 362 g/mol. The maximum Gasteiger partial charge on any atom is 0.225 e. The van der Waals surface area contributed by atoms with Crippen LogP contribution >= 0.6 is 0 Å². The Hall–Kier alpha value is -1.95.